The maximum atomic E-state index is 5.66. The van der Waals surface area contributed by atoms with Gasteiger partial charge in [-0.25, -0.2) is 4.99 Å². The Morgan fingerprint density at radius 2 is 2.58 bits per heavy atom. The molecule has 0 saturated heterocycles. The van der Waals surface area contributed by atoms with Gasteiger partial charge < -0.3 is 10.5 Å². The molecule has 12 heavy (non-hydrogen) atoms. The van der Waals surface area contributed by atoms with E-state index in [4.69, 9.17) is 10.5 Å². The second-order valence-corrected chi connectivity index (χ2v) is 4.25. The third kappa shape index (κ3) is 1.25. The fourth-order valence-electron chi connectivity index (χ4n) is 1.48. The van der Waals surface area contributed by atoms with Crippen LogP contribution in [0.15, 0.2) is 16.6 Å². The lowest BCUT2D eigenvalue weighted by Gasteiger charge is -2.34. The number of rotatable bonds is 0. The zero-order chi connectivity index (χ0) is 8.60. The summed E-state index contributed by atoms with van der Waals surface area (Å²) in [6, 6.07) is 0. The van der Waals surface area contributed by atoms with Crippen molar-refractivity contribution < 1.29 is 4.74 Å². The summed E-state index contributed by atoms with van der Waals surface area (Å²) in [6.45, 7) is 3.46. The molecule has 3 nitrogen and oxygen atoms in total. The molecule has 0 aromatic carbocycles. The highest BCUT2D eigenvalue weighted by Gasteiger charge is 2.34. The summed E-state index contributed by atoms with van der Waals surface area (Å²) in [5.74, 6) is 0.967. The Morgan fingerprint density at radius 1 is 1.75 bits per heavy atom. The van der Waals surface area contributed by atoms with Crippen molar-refractivity contribution in [3.63, 3.8) is 0 Å². The van der Waals surface area contributed by atoms with Crippen LogP contribution in [0.3, 0.4) is 0 Å². The number of fused-ring (bicyclic) bond motifs is 1. The number of thioether (sulfide) groups is 1. The Kier molecular flexibility index (Phi) is 1.88. The number of nitrogens with zero attached hydrogens (tertiary/aromatic N) is 1. The van der Waals surface area contributed by atoms with Gasteiger partial charge >= 0.3 is 0 Å². The Labute approximate surface area is 76.1 Å². The van der Waals surface area contributed by atoms with Gasteiger partial charge in [-0.1, -0.05) is 17.8 Å². The summed E-state index contributed by atoms with van der Waals surface area (Å²) in [4.78, 5) is 4.40. The van der Waals surface area contributed by atoms with Gasteiger partial charge in [0.05, 0.1) is 13.2 Å². The van der Waals surface area contributed by atoms with Crippen molar-refractivity contribution in [2.45, 2.75) is 12.5 Å². The molecule has 0 saturated carbocycles. The molecule has 1 atom stereocenters. The Balaban J connectivity index is 2.35. The molecule has 66 valence electrons. The lowest BCUT2D eigenvalue weighted by Crippen LogP contribution is -2.40. The number of ether oxygens (including phenoxy) is 1. The van der Waals surface area contributed by atoms with Crippen molar-refractivity contribution >= 4 is 16.9 Å². The van der Waals surface area contributed by atoms with E-state index in [0.29, 0.717) is 11.8 Å². The molecule has 0 aliphatic carbocycles. The minimum absolute atomic E-state index is 0.173. The topological polar surface area (TPSA) is 47.6 Å². The highest BCUT2D eigenvalue weighted by atomic mass is 32.2. The van der Waals surface area contributed by atoms with E-state index in [1.165, 1.54) is 5.57 Å². The average Bonchev–Trinajstić information content (AvgIpc) is 2.02. The summed E-state index contributed by atoms with van der Waals surface area (Å²) in [6.07, 6.45) is 2.12. The number of hydrogen-bond acceptors (Lipinski definition) is 4. The Morgan fingerprint density at radius 3 is 3.42 bits per heavy atom. The highest BCUT2D eigenvalue weighted by Crippen LogP contribution is 2.32. The summed E-state index contributed by atoms with van der Waals surface area (Å²) in [5, 5.41) is 0.681. The minimum Gasteiger partial charge on any atom is -0.379 e. The Bertz CT molecular complexity index is 262. The highest BCUT2D eigenvalue weighted by molar-refractivity contribution is 8.14. The standard InChI is InChI=1S/C8H12N2OS/c1-8-5-11-3-2-6(8)4-12-7(9)10-8/h2H,3-5H2,1H3,(H2,9,10). The fraction of sp³-hybridized carbons (Fsp3) is 0.625. The van der Waals surface area contributed by atoms with Crippen molar-refractivity contribution in [2.24, 2.45) is 10.7 Å². The number of aliphatic imine (C=N–C) groups is 1. The van der Waals surface area contributed by atoms with Crippen LogP contribution in [0, 0.1) is 0 Å². The van der Waals surface area contributed by atoms with Gasteiger partial charge in [0.25, 0.3) is 0 Å². The molecule has 2 N–H and O–H groups in total. The van der Waals surface area contributed by atoms with Gasteiger partial charge in [0.1, 0.15) is 5.54 Å². The second kappa shape index (κ2) is 2.78. The monoisotopic (exact) mass is 184 g/mol. The predicted octanol–water partition coefficient (Wildman–Crippen LogP) is 0.763. The van der Waals surface area contributed by atoms with Crippen LogP contribution < -0.4 is 5.73 Å². The van der Waals surface area contributed by atoms with Crippen LogP contribution in [-0.4, -0.2) is 29.7 Å². The summed E-state index contributed by atoms with van der Waals surface area (Å²) < 4.78 is 5.34. The van der Waals surface area contributed by atoms with Crippen molar-refractivity contribution in [3.8, 4) is 0 Å². The summed E-state index contributed by atoms with van der Waals surface area (Å²) >= 11 is 1.61. The van der Waals surface area contributed by atoms with E-state index in [1.54, 1.807) is 11.8 Å². The van der Waals surface area contributed by atoms with Gasteiger partial charge in [-0.3, -0.25) is 0 Å². The molecule has 0 spiro atoms. The molecule has 0 radical (unpaired) electrons. The van der Waals surface area contributed by atoms with E-state index in [1.807, 2.05) is 0 Å². The van der Waals surface area contributed by atoms with Crippen LogP contribution in [-0.2, 0) is 4.74 Å². The van der Waals surface area contributed by atoms with Gasteiger partial charge in [0, 0.05) is 5.75 Å². The van der Waals surface area contributed by atoms with Gasteiger partial charge in [-0.15, -0.1) is 0 Å². The van der Waals surface area contributed by atoms with Crippen molar-refractivity contribution in [3.05, 3.63) is 11.6 Å². The molecule has 2 aliphatic heterocycles. The van der Waals surface area contributed by atoms with Crippen molar-refractivity contribution in [1.82, 2.24) is 0 Å². The lowest BCUT2D eigenvalue weighted by molar-refractivity contribution is 0.112. The van der Waals surface area contributed by atoms with Crippen LogP contribution in [0.4, 0.5) is 0 Å². The summed E-state index contributed by atoms with van der Waals surface area (Å²) in [5.41, 5.74) is 6.84. The second-order valence-electron chi connectivity index (χ2n) is 3.26. The fourth-order valence-corrected chi connectivity index (χ4v) is 2.47. The van der Waals surface area contributed by atoms with Crippen LogP contribution in [0.5, 0.6) is 0 Å². The molecular formula is C8H12N2OS. The SMILES string of the molecule is CC12COCC=C1CSC(N)=N2. The molecule has 2 heterocycles. The minimum atomic E-state index is -0.173. The van der Waals surface area contributed by atoms with Crippen LogP contribution in [0.1, 0.15) is 6.92 Å². The first-order valence-electron chi connectivity index (χ1n) is 3.96. The van der Waals surface area contributed by atoms with Gasteiger partial charge in [0.2, 0.25) is 0 Å². The molecule has 0 bridgehead atoms. The predicted molar refractivity (Wildman–Crippen MR) is 51.4 cm³/mol. The third-order valence-corrected chi connectivity index (χ3v) is 3.10. The number of nitrogens with two attached hydrogens (primary N) is 1. The van der Waals surface area contributed by atoms with E-state index in [-0.39, 0.29) is 5.54 Å². The van der Waals surface area contributed by atoms with E-state index >= 15 is 0 Å². The normalized spacial score (nSPS) is 35.1. The lowest BCUT2D eigenvalue weighted by atomic mass is 9.93. The van der Waals surface area contributed by atoms with Crippen molar-refractivity contribution in [1.29, 1.82) is 0 Å². The maximum absolute atomic E-state index is 5.66. The largest absolute Gasteiger partial charge is 0.379 e. The molecule has 0 aromatic heterocycles. The number of amidine groups is 1. The zero-order valence-electron chi connectivity index (χ0n) is 7.04. The number of hydrogen-bond donors (Lipinski definition) is 1. The van der Waals surface area contributed by atoms with E-state index < -0.39 is 0 Å². The van der Waals surface area contributed by atoms with Crippen molar-refractivity contribution in [2.75, 3.05) is 19.0 Å². The molecule has 0 fully saturated rings. The smallest absolute Gasteiger partial charge is 0.155 e. The molecule has 2 aliphatic rings. The first-order valence-corrected chi connectivity index (χ1v) is 4.95. The van der Waals surface area contributed by atoms with E-state index in [0.717, 1.165) is 12.4 Å². The zero-order valence-corrected chi connectivity index (χ0v) is 7.86. The van der Waals surface area contributed by atoms with Crippen LogP contribution in [0.2, 0.25) is 0 Å². The summed E-state index contributed by atoms with van der Waals surface area (Å²) in [7, 11) is 0. The molecular weight excluding hydrogens is 172 g/mol. The van der Waals surface area contributed by atoms with Crippen LogP contribution in [0.25, 0.3) is 0 Å². The Hall–Kier alpha value is -0.480. The molecule has 1 unspecified atom stereocenters. The van der Waals surface area contributed by atoms with Gasteiger partial charge in [-0.05, 0) is 12.5 Å². The molecule has 0 amide bonds. The van der Waals surface area contributed by atoms with E-state index in [2.05, 4.69) is 18.0 Å². The first kappa shape index (κ1) is 8.13. The first-order chi connectivity index (χ1) is 5.71. The average molecular weight is 184 g/mol. The van der Waals surface area contributed by atoms with E-state index in [9.17, 15) is 0 Å². The molecule has 4 heteroatoms. The third-order valence-electron chi connectivity index (χ3n) is 2.25. The molecule has 2 rings (SSSR count). The maximum Gasteiger partial charge on any atom is 0.155 e. The molecule has 0 aromatic rings. The van der Waals surface area contributed by atoms with Gasteiger partial charge in [0.15, 0.2) is 5.17 Å². The van der Waals surface area contributed by atoms with Crippen LogP contribution >= 0.6 is 11.8 Å². The quantitative estimate of drug-likeness (QED) is 0.565. The van der Waals surface area contributed by atoms with Gasteiger partial charge in [-0.2, -0.15) is 0 Å².